The van der Waals surface area contributed by atoms with Crippen LogP contribution in [0.5, 0.6) is 0 Å². The monoisotopic (exact) mass is 205 g/mol. The molecule has 0 amide bonds. The summed E-state index contributed by atoms with van der Waals surface area (Å²) in [7, 11) is 0. The molecule has 0 atom stereocenters. The Kier molecular flexibility index (Phi) is 12.7. The van der Waals surface area contributed by atoms with E-state index in [-0.39, 0.29) is 0 Å². The van der Waals surface area contributed by atoms with Crippen LogP contribution in [0.3, 0.4) is 0 Å². The highest BCUT2D eigenvalue weighted by molar-refractivity contribution is 4.36. The molecule has 0 aliphatic heterocycles. The van der Waals surface area contributed by atoms with Gasteiger partial charge in [-0.2, -0.15) is 0 Å². The third-order valence-corrected chi connectivity index (χ3v) is 1.59. The zero-order valence-electron chi connectivity index (χ0n) is 9.17. The smallest absolute Gasteiger partial charge is 0.0701 e. The SMILES string of the molecule is CCCOCCOCCOCCCN. The van der Waals surface area contributed by atoms with Gasteiger partial charge in [0.1, 0.15) is 0 Å². The van der Waals surface area contributed by atoms with Gasteiger partial charge in [0.25, 0.3) is 0 Å². The van der Waals surface area contributed by atoms with E-state index in [0.29, 0.717) is 33.0 Å². The number of rotatable bonds is 11. The van der Waals surface area contributed by atoms with Crippen LogP contribution in [0, 0.1) is 0 Å². The highest BCUT2D eigenvalue weighted by atomic mass is 16.5. The fraction of sp³-hybridized carbons (Fsp3) is 1.00. The van der Waals surface area contributed by atoms with Crippen molar-refractivity contribution in [1.29, 1.82) is 0 Å². The van der Waals surface area contributed by atoms with Gasteiger partial charge in [0.05, 0.1) is 26.4 Å². The molecule has 0 bridgehead atoms. The predicted octanol–water partition coefficient (Wildman–Crippen LogP) is 0.795. The van der Waals surface area contributed by atoms with Crippen LogP contribution in [0.15, 0.2) is 0 Å². The fourth-order valence-electron chi connectivity index (χ4n) is 0.872. The molecule has 0 saturated carbocycles. The summed E-state index contributed by atoms with van der Waals surface area (Å²) < 4.78 is 15.8. The first kappa shape index (κ1) is 13.8. The van der Waals surface area contributed by atoms with E-state index in [1.54, 1.807) is 0 Å². The normalized spacial score (nSPS) is 10.7. The minimum Gasteiger partial charge on any atom is -0.379 e. The zero-order chi connectivity index (χ0) is 10.5. The molecular weight excluding hydrogens is 182 g/mol. The van der Waals surface area contributed by atoms with Gasteiger partial charge in [-0.15, -0.1) is 0 Å². The van der Waals surface area contributed by atoms with Gasteiger partial charge < -0.3 is 19.9 Å². The van der Waals surface area contributed by atoms with Crippen molar-refractivity contribution < 1.29 is 14.2 Å². The van der Waals surface area contributed by atoms with Gasteiger partial charge in [-0.3, -0.25) is 0 Å². The molecule has 0 aliphatic carbocycles. The van der Waals surface area contributed by atoms with Crippen LogP contribution in [0.1, 0.15) is 19.8 Å². The van der Waals surface area contributed by atoms with Crippen LogP contribution in [0.2, 0.25) is 0 Å². The van der Waals surface area contributed by atoms with Gasteiger partial charge in [-0.25, -0.2) is 0 Å². The lowest BCUT2D eigenvalue weighted by Crippen LogP contribution is -2.11. The Hall–Kier alpha value is -0.160. The van der Waals surface area contributed by atoms with Gasteiger partial charge >= 0.3 is 0 Å². The summed E-state index contributed by atoms with van der Waals surface area (Å²) in [6.07, 6.45) is 1.97. The zero-order valence-corrected chi connectivity index (χ0v) is 9.17. The molecule has 0 aromatic rings. The van der Waals surface area contributed by atoms with Crippen molar-refractivity contribution in [2.24, 2.45) is 5.73 Å². The number of hydrogen-bond donors (Lipinski definition) is 1. The van der Waals surface area contributed by atoms with Crippen LogP contribution in [0.4, 0.5) is 0 Å². The maximum absolute atomic E-state index is 5.31. The average molecular weight is 205 g/mol. The summed E-state index contributed by atoms with van der Waals surface area (Å²) in [5, 5.41) is 0. The molecule has 0 fully saturated rings. The molecule has 0 spiro atoms. The maximum Gasteiger partial charge on any atom is 0.0701 e. The van der Waals surface area contributed by atoms with Gasteiger partial charge in [0.2, 0.25) is 0 Å². The predicted molar refractivity (Wildman–Crippen MR) is 56.4 cm³/mol. The van der Waals surface area contributed by atoms with Crippen molar-refractivity contribution in [2.75, 3.05) is 46.2 Å². The van der Waals surface area contributed by atoms with Crippen molar-refractivity contribution in [3.8, 4) is 0 Å². The number of ether oxygens (including phenoxy) is 3. The Morgan fingerprint density at radius 1 is 0.786 bits per heavy atom. The molecule has 0 saturated heterocycles. The lowest BCUT2D eigenvalue weighted by atomic mass is 10.5. The van der Waals surface area contributed by atoms with Crippen molar-refractivity contribution >= 4 is 0 Å². The summed E-state index contributed by atoms with van der Waals surface area (Å²) in [5.41, 5.74) is 5.31. The Morgan fingerprint density at radius 2 is 1.29 bits per heavy atom. The standard InChI is InChI=1S/C10H23NO3/c1-2-5-12-7-9-14-10-8-13-6-3-4-11/h2-11H2,1H3. The molecule has 86 valence electrons. The van der Waals surface area contributed by atoms with Crippen LogP contribution in [0.25, 0.3) is 0 Å². The van der Waals surface area contributed by atoms with Crippen LogP contribution < -0.4 is 5.73 Å². The van der Waals surface area contributed by atoms with E-state index in [1.165, 1.54) is 0 Å². The lowest BCUT2D eigenvalue weighted by molar-refractivity contribution is 0.0145. The maximum atomic E-state index is 5.31. The highest BCUT2D eigenvalue weighted by Crippen LogP contribution is 1.84. The first-order chi connectivity index (χ1) is 6.91. The second-order valence-electron chi connectivity index (χ2n) is 2.98. The Balaban J connectivity index is 2.78. The van der Waals surface area contributed by atoms with E-state index in [2.05, 4.69) is 6.92 Å². The fourth-order valence-corrected chi connectivity index (χ4v) is 0.872. The molecule has 4 heteroatoms. The summed E-state index contributed by atoms with van der Waals surface area (Å²) in [6.45, 7) is 6.94. The quantitative estimate of drug-likeness (QED) is 0.507. The van der Waals surface area contributed by atoms with E-state index in [9.17, 15) is 0 Å². The molecule has 0 radical (unpaired) electrons. The van der Waals surface area contributed by atoms with Crippen molar-refractivity contribution in [3.05, 3.63) is 0 Å². The first-order valence-electron chi connectivity index (χ1n) is 5.35. The summed E-state index contributed by atoms with van der Waals surface area (Å²) in [5.74, 6) is 0. The highest BCUT2D eigenvalue weighted by Gasteiger charge is 1.90. The second kappa shape index (κ2) is 12.8. The van der Waals surface area contributed by atoms with E-state index < -0.39 is 0 Å². The molecule has 4 nitrogen and oxygen atoms in total. The van der Waals surface area contributed by atoms with Crippen LogP contribution in [-0.2, 0) is 14.2 Å². The average Bonchev–Trinajstić information content (AvgIpc) is 2.21. The molecule has 0 unspecified atom stereocenters. The number of nitrogens with two attached hydrogens (primary N) is 1. The molecular formula is C10H23NO3. The van der Waals surface area contributed by atoms with Crippen molar-refractivity contribution in [1.82, 2.24) is 0 Å². The Morgan fingerprint density at radius 3 is 1.79 bits per heavy atom. The van der Waals surface area contributed by atoms with E-state index in [0.717, 1.165) is 26.1 Å². The minimum absolute atomic E-state index is 0.639. The van der Waals surface area contributed by atoms with Gasteiger partial charge in [-0.05, 0) is 19.4 Å². The van der Waals surface area contributed by atoms with Crippen molar-refractivity contribution in [3.63, 3.8) is 0 Å². The third kappa shape index (κ3) is 11.8. The van der Waals surface area contributed by atoms with Crippen LogP contribution in [-0.4, -0.2) is 46.2 Å². The lowest BCUT2D eigenvalue weighted by Gasteiger charge is -2.05. The van der Waals surface area contributed by atoms with Gasteiger partial charge in [-0.1, -0.05) is 6.92 Å². The molecule has 0 rings (SSSR count). The summed E-state index contributed by atoms with van der Waals surface area (Å²) in [6, 6.07) is 0. The van der Waals surface area contributed by atoms with E-state index in [1.807, 2.05) is 0 Å². The van der Waals surface area contributed by atoms with Crippen LogP contribution >= 0.6 is 0 Å². The van der Waals surface area contributed by atoms with Crippen molar-refractivity contribution in [2.45, 2.75) is 19.8 Å². The molecule has 0 aromatic heterocycles. The molecule has 0 aliphatic rings. The largest absolute Gasteiger partial charge is 0.379 e. The molecule has 2 N–H and O–H groups in total. The van der Waals surface area contributed by atoms with Gasteiger partial charge in [0.15, 0.2) is 0 Å². The Labute approximate surface area is 86.7 Å². The summed E-state index contributed by atoms with van der Waals surface area (Å²) >= 11 is 0. The van der Waals surface area contributed by atoms with E-state index >= 15 is 0 Å². The Bertz CT molecular complexity index is 89.4. The minimum atomic E-state index is 0.639. The second-order valence-corrected chi connectivity index (χ2v) is 2.98. The molecule has 0 heterocycles. The van der Waals surface area contributed by atoms with Gasteiger partial charge in [0, 0.05) is 13.2 Å². The first-order valence-corrected chi connectivity index (χ1v) is 5.35. The third-order valence-electron chi connectivity index (χ3n) is 1.59. The summed E-state index contributed by atoms with van der Waals surface area (Å²) in [4.78, 5) is 0. The molecule has 0 aromatic carbocycles. The van der Waals surface area contributed by atoms with E-state index in [4.69, 9.17) is 19.9 Å². The topological polar surface area (TPSA) is 53.7 Å². The molecule has 14 heavy (non-hydrogen) atoms. The number of hydrogen-bond acceptors (Lipinski definition) is 4.